The van der Waals surface area contributed by atoms with E-state index in [4.69, 9.17) is 4.74 Å². The Hall–Kier alpha value is -4.79. The number of rotatable bonds is 4. The number of hydrogen-bond donors (Lipinski definition) is 3. The highest BCUT2D eigenvalue weighted by Crippen LogP contribution is 2.55. The number of aromatic nitrogens is 2. The monoisotopic (exact) mass is 1200 g/mol. The van der Waals surface area contributed by atoms with Gasteiger partial charge in [-0.15, -0.1) is 0 Å². The Morgan fingerprint density at radius 1 is 0.474 bits per heavy atom. The Labute approximate surface area is 479 Å². The molecule has 76 heavy (non-hydrogen) atoms. The van der Waals surface area contributed by atoms with Crippen molar-refractivity contribution >= 4 is 89.2 Å². The minimum absolute atomic E-state index is 0. The van der Waals surface area contributed by atoms with Crippen LogP contribution in [0.4, 0.5) is 17.1 Å². The maximum absolute atomic E-state index is 13.5. The third kappa shape index (κ3) is 8.81. The molecule has 1 aliphatic heterocycles. The van der Waals surface area contributed by atoms with Crippen LogP contribution in [0.25, 0.3) is 54.7 Å². The Bertz CT molecular complexity index is 3800. The van der Waals surface area contributed by atoms with Gasteiger partial charge in [-0.25, -0.2) is 0 Å². The lowest BCUT2D eigenvalue weighted by atomic mass is 9.72. The quantitative estimate of drug-likeness (QED) is 0.0535. The average molecular weight is 1200 g/mol. The molecule has 6 aromatic carbocycles. The van der Waals surface area contributed by atoms with E-state index in [0.29, 0.717) is 12.2 Å². The molecule has 0 aliphatic carbocycles. The van der Waals surface area contributed by atoms with Crippen LogP contribution in [0.5, 0.6) is 0 Å². The molecule has 0 radical (unpaired) electrons. The molecule has 3 N–H and O–H groups in total. The van der Waals surface area contributed by atoms with Gasteiger partial charge in [0.05, 0.1) is 38.6 Å². The van der Waals surface area contributed by atoms with Crippen molar-refractivity contribution in [3.05, 3.63) is 137 Å². The molecule has 9 rings (SSSR count). The normalized spacial score (nSPS) is 11.8. The first-order valence-electron chi connectivity index (χ1n) is 26.4. The van der Waals surface area contributed by atoms with Gasteiger partial charge in [-0.2, -0.15) is 4.57 Å². The number of anilines is 3. The number of methoxy groups -OCH3 is 1. The van der Waals surface area contributed by atoms with Crippen LogP contribution in [0.15, 0.2) is 9.27 Å². The van der Waals surface area contributed by atoms with Crippen LogP contribution >= 0.6 is 15.9 Å². The van der Waals surface area contributed by atoms with Gasteiger partial charge in [0, 0.05) is 64.5 Å². The molecule has 8 aromatic rings. The van der Waals surface area contributed by atoms with Crippen LogP contribution in [0.2, 0.25) is 0 Å². The Balaban J connectivity index is 0.000000196. The fraction of sp³-hybridized carbons (Fsp3) is 0.415. The maximum Gasteiger partial charge on any atom is 0.490 e. The molecule has 11 heteroatoms. The van der Waals surface area contributed by atoms with E-state index in [9.17, 15) is 14.8 Å². The van der Waals surface area contributed by atoms with Gasteiger partial charge >= 0.3 is 7.12 Å². The standard InChI is InChI=1S/C32H39N2.C21H24BrNO.C12H20BNO3.HI/c1-14-16(3)22(9)29-26(20(14)7)25-19(6)18(5)24(11)31-28(25)32(34(29)13)27-21(8)15(2)17(4)23(10)30(27)33(31)12;1-9-10(2)14(6)19-16(12(9)4)21(24)17-18(22)13(5)11(3)15(7)20(17)23(19)8;1-7-8(2)10(4)12(14-6-17-5)11(9(7)3)13(15)16;/h1-13H3;1-8H3;14-16H,6H2,1-5H3;1H/q+1;;;/p-1. The highest BCUT2D eigenvalue weighted by atomic mass is 127. The summed E-state index contributed by atoms with van der Waals surface area (Å²) < 4.78 is 10.6. The van der Waals surface area contributed by atoms with E-state index in [-0.39, 0.29) is 29.4 Å². The summed E-state index contributed by atoms with van der Waals surface area (Å²) >= 11 is 3.70. The molecule has 2 aromatic heterocycles. The fourth-order valence-corrected chi connectivity index (χ4v) is 13.5. The van der Waals surface area contributed by atoms with Crippen molar-refractivity contribution in [3.8, 4) is 11.1 Å². The number of benzene rings is 6. The third-order valence-electron chi connectivity index (χ3n) is 19.1. The first kappa shape index (κ1) is 60.4. The summed E-state index contributed by atoms with van der Waals surface area (Å²) in [6, 6.07) is 0. The second kappa shape index (κ2) is 21.8. The van der Waals surface area contributed by atoms with Crippen molar-refractivity contribution in [3.63, 3.8) is 0 Å². The molecule has 0 amide bonds. The number of hydrogen-bond acceptors (Lipinski definition) is 6. The van der Waals surface area contributed by atoms with Crippen molar-refractivity contribution in [2.24, 2.45) is 14.1 Å². The van der Waals surface area contributed by atoms with Crippen molar-refractivity contribution in [1.82, 2.24) is 4.57 Å². The number of ether oxygens (including phenoxy) is 1. The van der Waals surface area contributed by atoms with Crippen molar-refractivity contribution in [1.29, 1.82) is 0 Å². The maximum atomic E-state index is 13.5. The van der Waals surface area contributed by atoms with Crippen LogP contribution in [-0.2, 0) is 18.8 Å². The first-order chi connectivity index (χ1) is 34.9. The van der Waals surface area contributed by atoms with Gasteiger partial charge in [0.25, 0.3) is 0 Å². The summed E-state index contributed by atoms with van der Waals surface area (Å²) in [6.07, 6.45) is 0. The molecule has 0 saturated heterocycles. The van der Waals surface area contributed by atoms with Gasteiger partial charge in [-0.05, 0) is 280 Å². The molecule has 404 valence electrons. The van der Waals surface area contributed by atoms with Crippen LogP contribution in [0.3, 0.4) is 0 Å². The number of pyridine rings is 2. The lowest BCUT2D eigenvalue weighted by Gasteiger charge is -2.36. The predicted octanol–water partition coefficient (Wildman–Crippen LogP) is 11.2. The molecule has 3 heterocycles. The Morgan fingerprint density at radius 2 is 0.868 bits per heavy atom. The van der Waals surface area contributed by atoms with E-state index in [0.717, 1.165) is 65.3 Å². The third-order valence-corrected chi connectivity index (χ3v) is 20.1. The van der Waals surface area contributed by atoms with Crippen LogP contribution in [-0.4, -0.2) is 42.6 Å². The number of halogens is 2. The zero-order valence-electron chi connectivity index (χ0n) is 50.6. The van der Waals surface area contributed by atoms with Crippen LogP contribution in [0, 0.1) is 152 Å². The summed E-state index contributed by atoms with van der Waals surface area (Å²) in [5.41, 5.74) is 39.9. The highest BCUT2D eigenvalue weighted by molar-refractivity contribution is 9.10. The van der Waals surface area contributed by atoms with Gasteiger partial charge in [-0.1, -0.05) is 0 Å². The predicted molar refractivity (Wildman–Crippen MR) is 327 cm³/mol. The highest BCUT2D eigenvalue weighted by Gasteiger charge is 2.37. The van der Waals surface area contributed by atoms with Crippen molar-refractivity contribution in [2.75, 3.05) is 31.1 Å². The van der Waals surface area contributed by atoms with Crippen molar-refractivity contribution < 1.29 is 43.3 Å². The molecule has 0 atom stereocenters. The lowest BCUT2D eigenvalue weighted by Crippen LogP contribution is -3.00. The van der Waals surface area contributed by atoms with E-state index in [1.54, 1.807) is 7.11 Å². The number of nitrogens with one attached hydrogen (secondary N) is 1. The van der Waals surface area contributed by atoms with Gasteiger partial charge in [0.1, 0.15) is 13.8 Å². The number of fused-ring (bicyclic) bond motifs is 6. The van der Waals surface area contributed by atoms with Gasteiger partial charge < -0.3 is 53.5 Å². The van der Waals surface area contributed by atoms with Gasteiger partial charge in [0.2, 0.25) is 11.0 Å². The number of nitrogens with zero attached hydrogens (tertiary/aromatic N) is 3. The topological polar surface area (TPSA) is 90.8 Å². The molecule has 1 aliphatic rings. The summed E-state index contributed by atoms with van der Waals surface area (Å²) in [6.45, 7) is 48.4. The molecule has 0 bridgehead atoms. The Morgan fingerprint density at radius 3 is 1.39 bits per heavy atom. The largest absolute Gasteiger partial charge is 1.00 e. The summed E-state index contributed by atoms with van der Waals surface area (Å²) in [5, 5.41) is 26.6. The second-order valence-corrected chi connectivity index (χ2v) is 23.0. The van der Waals surface area contributed by atoms with E-state index >= 15 is 0 Å². The van der Waals surface area contributed by atoms with Gasteiger partial charge in [-0.3, -0.25) is 4.79 Å². The molecule has 0 unspecified atom stereocenters. The molecule has 0 fully saturated rings. The average Bonchev–Trinajstić information content (AvgIpc) is 3.38. The minimum atomic E-state index is -1.48. The van der Waals surface area contributed by atoms with Crippen molar-refractivity contribution in [2.45, 2.75) is 152 Å². The van der Waals surface area contributed by atoms with Gasteiger partial charge in [0.15, 0.2) is 5.43 Å². The zero-order valence-corrected chi connectivity index (χ0v) is 54.3. The molecular formula is C65H83BBrIN4O4. The lowest BCUT2D eigenvalue weighted by molar-refractivity contribution is -0.618. The Kier molecular flexibility index (Phi) is 17.3. The summed E-state index contributed by atoms with van der Waals surface area (Å²) in [4.78, 5) is 16.0. The van der Waals surface area contributed by atoms with E-state index in [2.05, 4.69) is 181 Å². The second-order valence-electron chi connectivity index (χ2n) is 22.2. The molecule has 0 spiro atoms. The molecule has 0 saturated carbocycles. The minimum Gasteiger partial charge on any atom is -1.00 e. The molecule has 8 nitrogen and oxygen atoms in total. The first-order valence-corrected chi connectivity index (χ1v) is 27.2. The van der Waals surface area contributed by atoms with E-state index in [1.807, 2.05) is 27.7 Å². The number of aryl methyl sites for hydroxylation is 8. The van der Waals surface area contributed by atoms with E-state index in [1.165, 1.54) is 133 Å². The summed E-state index contributed by atoms with van der Waals surface area (Å²) in [5.74, 6) is 0. The zero-order chi connectivity index (χ0) is 56.4. The SMILES string of the molecule is COCNc1c(C)c(C)c(C)c(C)c1B(O)O.Cc1c(C)c(C)c2c(c1C)-c1c(C)c(C)c(C)c3c1c(c1c(C)c(C)c(C)c(C)c1[n+]3C)N2C.Cc1c(C)c(C)c2c(c1C)c(=O)c1c(Br)c(C)c(C)c(C)c1n2C.[I-]. The van der Waals surface area contributed by atoms with Crippen LogP contribution < -0.4 is 49.7 Å². The van der Waals surface area contributed by atoms with E-state index < -0.39 is 7.12 Å². The smallest absolute Gasteiger partial charge is 0.490 e. The summed E-state index contributed by atoms with van der Waals surface area (Å²) in [7, 11) is 6.77. The molecular weight excluding hydrogens is 1120 g/mol. The fourth-order valence-electron chi connectivity index (χ4n) is 12.8. The van der Waals surface area contributed by atoms with Crippen LogP contribution in [0.1, 0.15) is 122 Å².